The summed E-state index contributed by atoms with van der Waals surface area (Å²) in [5.74, 6) is -0.127. The molecule has 174 valence electrons. The van der Waals surface area contributed by atoms with Crippen LogP contribution >= 0.6 is 0 Å². The summed E-state index contributed by atoms with van der Waals surface area (Å²) in [6.45, 7) is 6.70. The highest BCUT2D eigenvalue weighted by Crippen LogP contribution is 2.29. The Morgan fingerprint density at radius 3 is 2.22 bits per heavy atom. The minimum absolute atomic E-state index is 0.0725. The molecule has 0 atom stereocenters. The fourth-order valence-corrected chi connectivity index (χ4v) is 4.60. The number of benzene rings is 1. The first-order valence-electron chi connectivity index (χ1n) is 11.4. The van der Waals surface area contributed by atoms with Gasteiger partial charge in [0.15, 0.2) is 0 Å². The van der Waals surface area contributed by atoms with Gasteiger partial charge in [0.1, 0.15) is 0 Å². The van der Waals surface area contributed by atoms with E-state index in [1.165, 1.54) is 12.1 Å². The molecule has 0 saturated carbocycles. The molecule has 0 spiro atoms. The molecule has 3 fully saturated rings. The van der Waals surface area contributed by atoms with Crippen molar-refractivity contribution in [3.8, 4) is 0 Å². The fraction of sp³-hybridized carbons (Fsp3) is 0.636. The third-order valence-electron chi connectivity index (χ3n) is 6.50. The third-order valence-corrected chi connectivity index (χ3v) is 6.50. The molecule has 10 heteroatoms. The van der Waals surface area contributed by atoms with Gasteiger partial charge >= 0.3 is 0 Å². The van der Waals surface area contributed by atoms with Crippen LogP contribution in [0, 0.1) is 10.1 Å². The molecule has 0 aliphatic carbocycles. The molecule has 10 nitrogen and oxygen atoms in total. The molecule has 0 aromatic heterocycles. The van der Waals surface area contributed by atoms with Gasteiger partial charge in [-0.1, -0.05) is 0 Å². The largest absolute Gasteiger partial charge is 0.379 e. The second-order valence-electron chi connectivity index (χ2n) is 8.57. The number of carbonyl (C=O) groups is 2. The lowest BCUT2D eigenvalue weighted by molar-refractivity contribution is -0.384. The van der Waals surface area contributed by atoms with Gasteiger partial charge in [-0.25, -0.2) is 0 Å². The predicted molar refractivity (Wildman–Crippen MR) is 119 cm³/mol. The number of ether oxygens (including phenoxy) is 1. The molecule has 3 aliphatic rings. The molecule has 32 heavy (non-hydrogen) atoms. The monoisotopic (exact) mass is 445 g/mol. The number of anilines is 1. The molecular formula is C22H31N5O5. The van der Waals surface area contributed by atoms with Crippen LogP contribution in [0.1, 0.15) is 29.6 Å². The molecule has 1 aromatic rings. The van der Waals surface area contributed by atoms with Gasteiger partial charge in [0.25, 0.3) is 11.6 Å². The van der Waals surface area contributed by atoms with Gasteiger partial charge in [0.05, 0.1) is 35.9 Å². The first kappa shape index (κ1) is 22.5. The Labute approximate surface area is 187 Å². The number of carbonyl (C=O) groups excluding carboxylic acids is 2. The van der Waals surface area contributed by atoms with E-state index in [0.717, 1.165) is 51.1 Å². The number of nitro benzene ring substituents is 1. The van der Waals surface area contributed by atoms with Crippen molar-refractivity contribution in [2.45, 2.75) is 19.3 Å². The summed E-state index contributed by atoms with van der Waals surface area (Å²) in [7, 11) is 0. The van der Waals surface area contributed by atoms with Crippen molar-refractivity contribution in [2.75, 3.05) is 77.0 Å². The maximum atomic E-state index is 13.4. The second-order valence-corrected chi connectivity index (χ2v) is 8.57. The molecule has 0 unspecified atom stereocenters. The van der Waals surface area contributed by atoms with Crippen LogP contribution in [0.3, 0.4) is 0 Å². The quantitative estimate of drug-likeness (QED) is 0.496. The molecule has 3 aliphatic heterocycles. The number of amides is 2. The van der Waals surface area contributed by atoms with E-state index < -0.39 is 4.92 Å². The van der Waals surface area contributed by atoms with Gasteiger partial charge in [-0.2, -0.15) is 0 Å². The van der Waals surface area contributed by atoms with Crippen LogP contribution in [0.25, 0.3) is 0 Å². The molecule has 0 radical (unpaired) electrons. The SMILES string of the molecule is O=C(CN1CCOCC1)N1CCN(C(=O)c2cc([N+](=O)[O-])ccc2N2CCCCC2)CC1. The van der Waals surface area contributed by atoms with E-state index in [0.29, 0.717) is 51.5 Å². The standard InChI is InChI=1S/C22H31N5O5/c28-21(17-23-12-14-32-15-13-23)25-8-10-26(11-9-25)22(29)19-16-18(27(30)31)4-5-20(19)24-6-2-1-3-7-24/h4-5,16H,1-3,6-15,17H2. The summed E-state index contributed by atoms with van der Waals surface area (Å²) in [5.41, 5.74) is 1.08. The maximum absolute atomic E-state index is 13.4. The fourth-order valence-electron chi connectivity index (χ4n) is 4.60. The van der Waals surface area contributed by atoms with Crippen LogP contribution in [0.15, 0.2) is 18.2 Å². The number of non-ortho nitro benzene ring substituents is 1. The van der Waals surface area contributed by atoms with Gasteiger partial charge < -0.3 is 19.4 Å². The Balaban J connectivity index is 1.42. The summed E-state index contributed by atoms with van der Waals surface area (Å²) in [4.78, 5) is 44.7. The normalized spacial score (nSPS) is 20.3. The van der Waals surface area contributed by atoms with Crippen molar-refractivity contribution in [1.82, 2.24) is 14.7 Å². The van der Waals surface area contributed by atoms with Gasteiger partial charge in [-0.05, 0) is 25.3 Å². The number of hydrogen-bond acceptors (Lipinski definition) is 7. The number of rotatable bonds is 5. The Hall–Kier alpha value is -2.72. The van der Waals surface area contributed by atoms with E-state index in [2.05, 4.69) is 9.80 Å². The van der Waals surface area contributed by atoms with Crippen LogP contribution in [0.4, 0.5) is 11.4 Å². The Morgan fingerprint density at radius 2 is 1.56 bits per heavy atom. The van der Waals surface area contributed by atoms with E-state index in [-0.39, 0.29) is 17.5 Å². The van der Waals surface area contributed by atoms with Crippen molar-refractivity contribution in [3.63, 3.8) is 0 Å². The first-order chi connectivity index (χ1) is 15.5. The predicted octanol–water partition coefficient (Wildman–Crippen LogP) is 1.20. The molecule has 1 aromatic carbocycles. The van der Waals surface area contributed by atoms with Gasteiger partial charge in [0, 0.05) is 64.5 Å². The van der Waals surface area contributed by atoms with E-state index in [1.807, 2.05) is 0 Å². The van der Waals surface area contributed by atoms with Crippen molar-refractivity contribution in [3.05, 3.63) is 33.9 Å². The van der Waals surface area contributed by atoms with Gasteiger partial charge in [0.2, 0.25) is 5.91 Å². The zero-order valence-corrected chi connectivity index (χ0v) is 18.4. The topological polar surface area (TPSA) is 99.5 Å². The van der Waals surface area contributed by atoms with Crippen LogP contribution in [0.5, 0.6) is 0 Å². The Morgan fingerprint density at radius 1 is 0.906 bits per heavy atom. The number of nitro groups is 1. The summed E-state index contributed by atoms with van der Waals surface area (Å²) in [6.07, 6.45) is 3.26. The Bertz CT molecular complexity index is 843. The van der Waals surface area contributed by atoms with Crippen LogP contribution in [0.2, 0.25) is 0 Å². The number of morpholine rings is 1. The zero-order valence-electron chi connectivity index (χ0n) is 18.4. The molecule has 3 saturated heterocycles. The maximum Gasteiger partial charge on any atom is 0.270 e. The minimum Gasteiger partial charge on any atom is -0.379 e. The average molecular weight is 446 g/mol. The lowest BCUT2D eigenvalue weighted by Gasteiger charge is -2.37. The lowest BCUT2D eigenvalue weighted by Crippen LogP contribution is -2.53. The summed E-state index contributed by atoms with van der Waals surface area (Å²) in [5, 5.41) is 11.3. The molecule has 0 bridgehead atoms. The smallest absolute Gasteiger partial charge is 0.270 e. The van der Waals surface area contributed by atoms with E-state index >= 15 is 0 Å². The molecular weight excluding hydrogens is 414 g/mol. The van der Waals surface area contributed by atoms with Crippen LogP contribution in [-0.2, 0) is 9.53 Å². The van der Waals surface area contributed by atoms with Crippen molar-refractivity contribution >= 4 is 23.2 Å². The van der Waals surface area contributed by atoms with E-state index in [4.69, 9.17) is 4.74 Å². The molecule has 2 amide bonds. The summed E-state index contributed by atoms with van der Waals surface area (Å²) in [6, 6.07) is 4.59. The van der Waals surface area contributed by atoms with Crippen molar-refractivity contribution in [1.29, 1.82) is 0 Å². The average Bonchev–Trinajstić information content (AvgIpc) is 2.84. The lowest BCUT2D eigenvalue weighted by atomic mass is 10.0. The third kappa shape index (κ3) is 5.18. The summed E-state index contributed by atoms with van der Waals surface area (Å²) < 4.78 is 5.33. The van der Waals surface area contributed by atoms with E-state index in [9.17, 15) is 19.7 Å². The number of nitrogens with zero attached hydrogens (tertiary/aromatic N) is 5. The van der Waals surface area contributed by atoms with E-state index in [1.54, 1.807) is 15.9 Å². The highest BCUT2D eigenvalue weighted by molar-refractivity contribution is 6.00. The number of hydrogen-bond donors (Lipinski definition) is 0. The first-order valence-corrected chi connectivity index (χ1v) is 11.4. The molecule has 0 N–H and O–H groups in total. The zero-order chi connectivity index (χ0) is 22.5. The highest BCUT2D eigenvalue weighted by atomic mass is 16.6. The van der Waals surface area contributed by atoms with Crippen LogP contribution in [-0.4, -0.2) is 104 Å². The molecule has 3 heterocycles. The van der Waals surface area contributed by atoms with Crippen molar-refractivity contribution < 1.29 is 19.2 Å². The summed E-state index contributed by atoms with van der Waals surface area (Å²) >= 11 is 0. The second kappa shape index (κ2) is 10.3. The Kier molecular flexibility index (Phi) is 7.21. The molecule has 4 rings (SSSR count). The highest BCUT2D eigenvalue weighted by Gasteiger charge is 2.29. The number of piperidine rings is 1. The van der Waals surface area contributed by atoms with Crippen molar-refractivity contribution in [2.24, 2.45) is 0 Å². The van der Waals surface area contributed by atoms with Gasteiger partial charge in [-0.3, -0.25) is 24.6 Å². The number of piperazine rings is 1. The minimum atomic E-state index is -0.459. The van der Waals surface area contributed by atoms with Gasteiger partial charge in [-0.15, -0.1) is 0 Å². The van der Waals surface area contributed by atoms with Crippen LogP contribution < -0.4 is 4.90 Å².